The summed E-state index contributed by atoms with van der Waals surface area (Å²) in [5.74, 6) is 0.498. The topological polar surface area (TPSA) is 64.6 Å². The quantitative estimate of drug-likeness (QED) is 0.416. The highest BCUT2D eigenvalue weighted by Gasteiger charge is 2.60. The van der Waals surface area contributed by atoms with Gasteiger partial charge in [-0.2, -0.15) is 0 Å². The SMILES string of the molecule is CC[N+](CC)(CC(=O)OCc1ccccc1)C1(C(=O)Nc2c(C)cc(OC)cc2C)CCC1. The Morgan fingerprint density at radius 1 is 1.03 bits per heavy atom. The summed E-state index contributed by atoms with van der Waals surface area (Å²) in [6, 6.07) is 13.5. The highest BCUT2D eigenvalue weighted by atomic mass is 16.5. The number of ether oxygens (including phenoxy) is 2. The molecule has 1 saturated carbocycles. The van der Waals surface area contributed by atoms with Crippen molar-refractivity contribution in [3.05, 3.63) is 59.2 Å². The van der Waals surface area contributed by atoms with Crippen molar-refractivity contribution in [2.24, 2.45) is 0 Å². The summed E-state index contributed by atoms with van der Waals surface area (Å²) < 4.78 is 11.4. The molecule has 0 aliphatic heterocycles. The lowest BCUT2D eigenvalue weighted by molar-refractivity contribution is -0.963. The van der Waals surface area contributed by atoms with Crippen LogP contribution in [0.3, 0.4) is 0 Å². The van der Waals surface area contributed by atoms with Crippen LogP contribution < -0.4 is 10.1 Å². The zero-order valence-electron chi connectivity index (χ0n) is 20.6. The third-order valence-corrected chi connectivity index (χ3v) is 7.38. The van der Waals surface area contributed by atoms with Crippen molar-refractivity contribution in [3.8, 4) is 5.75 Å². The molecule has 1 fully saturated rings. The first kappa shape index (κ1) is 24.8. The first-order chi connectivity index (χ1) is 15.8. The number of likely N-dealkylation sites (N-methyl/N-ethyl adjacent to an activating group) is 1. The molecule has 0 radical (unpaired) electrons. The fourth-order valence-electron chi connectivity index (χ4n) is 5.13. The number of methoxy groups -OCH3 is 1. The third-order valence-electron chi connectivity index (χ3n) is 7.38. The number of carbonyl (C=O) groups is 2. The van der Waals surface area contributed by atoms with Crippen LogP contribution in [0.15, 0.2) is 42.5 Å². The molecule has 3 rings (SSSR count). The van der Waals surface area contributed by atoms with Gasteiger partial charge >= 0.3 is 5.97 Å². The summed E-state index contributed by atoms with van der Waals surface area (Å²) in [5.41, 5.74) is 3.07. The van der Waals surface area contributed by atoms with E-state index in [-0.39, 0.29) is 25.0 Å². The van der Waals surface area contributed by atoms with Gasteiger partial charge in [0.2, 0.25) is 0 Å². The van der Waals surface area contributed by atoms with Gasteiger partial charge in [0.25, 0.3) is 5.91 Å². The Kier molecular flexibility index (Phi) is 7.80. The van der Waals surface area contributed by atoms with E-state index in [1.54, 1.807) is 7.11 Å². The normalized spacial score (nSPS) is 14.8. The fraction of sp³-hybridized carbons (Fsp3) is 0.481. The molecule has 0 spiro atoms. The number of esters is 1. The summed E-state index contributed by atoms with van der Waals surface area (Å²) in [6.45, 7) is 9.87. The summed E-state index contributed by atoms with van der Waals surface area (Å²) in [6.07, 6.45) is 2.51. The van der Waals surface area contributed by atoms with Crippen LogP contribution in [-0.2, 0) is 20.9 Å². The predicted octanol–water partition coefficient (Wildman–Crippen LogP) is 4.77. The van der Waals surface area contributed by atoms with Gasteiger partial charge in [-0.05, 0) is 62.9 Å². The Hall–Kier alpha value is -2.86. The minimum atomic E-state index is -0.631. The molecule has 1 N–H and O–H groups in total. The van der Waals surface area contributed by atoms with E-state index in [9.17, 15) is 9.59 Å². The van der Waals surface area contributed by atoms with Crippen molar-refractivity contribution >= 4 is 17.6 Å². The van der Waals surface area contributed by atoms with E-state index in [1.807, 2.05) is 56.3 Å². The van der Waals surface area contributed by atoms with Gasteiger partial charge in [-0.1, -0.05) is 30.3 Å². The monoisotopic (exact) mass is 453 g/mol. The zero-order chi connectivity index (χ0) is 24.1. The van der Waals surface area contributed by atoms with E-state index < -0.39 is 5.54 Å². The van der Waals surface area contributed by atoms with Crippen molar-refractivity contribution in [1.82, 2.24) is 0 Å². The number of nitrogens with zero attached hydrogens (tertiary/aromatic N) is 1. The van der Waals surface area contributed by atoms with Gasteiger partial charge in [-0.3, -0.25) is 4.79 Å². The van der Waals surface area contributed by atoms with E-state index in [0.29, 0.717) is 17.6 Å². The zero-order valence-corrected chi connectivity index (χ0v) is 20.6. The van der Waals surface area contributed by atoms with Crippen LogP contribution in [0.4, 0.5) is 5.69 Å². The molecule has 0 heterocycles. The number of rotatable bonds is 10. The standard InChI is InChI=1S/C27H36N2O4/c1-6-29(7-2,18-24(30)33-19-22-12-9-8-10-13-22)27(14-11-15-27)26(31)28-25-20(3)16-23(32-5)17-21(25)4/h8-10,12-13,16-17H,6-7,11,14-15,18-19H2,1-5H3/p+1. The average Bonchev–Trinajstić information content (AvgIpc) is 2.79. The summed E-state index contributed by atoms with van der Waals surface area (Å²) in [4.78, 5) is 26.7. The maximum atomic E-state index is 13.8. The van der Waals surface area contributed by atoms with Crippen LogP contribution in [0.2, 0.25) is 0 Å². The molecule has 0 saturated heterocycles. The third kappa shape index (κ3) is 4.91. The molecular weight excluding hydrogens is 416 g/mol. The highest BCUT2D eigenvalue weighted by molar-refractivity contribution is 5.99. The molecule has 178 valence electrons. The lowest BCUT2D eigenvalue weighted by Gasteiger charge is -2.55. The molecular formula is C27H37N2O4+. The Morgan fingerprint density at radius 2 is 1.64 bits per heavy atom. The van der Waals surface area contributed by atoms with Crippen molar-refractivity contribution in [2.45, 2.75) is 59.1 Å². The molecule has 2 aromatic carbocycles. The van der Waals surface area contributed by atoms with E-state index in [2.05, 4.69) is 19.2 Å². The van der Waals surface area contributed by atoms with Crippen LogP contribution in [0.25, 0.3) is 0 Å². The summed E-state index contributed by atoms with van der Waals surface area (Å²) >= 11 is 0. The first-order valence-electron chi connectivity index (χ1n) is 11.8. The molecule has 0 unspecified atom stereocenters. The molecule has 1 amide bonds. The molecule has 0 bridgehead atoms. The number of aryl methyl sites for hydroxylation is 2. The maximum Gasteiger partial charge on any atom is 0.362 e. The average molecular weight is 454 g/mol. The van der Waals surface area contributed by atoms with Gasteiger partial charge in [-0.25, -0.2) is 4.79 Å². The second kappa shape index (κ2) is 10.4. The van der Waals surface area contributed by atoms with Crippen molar-refractivity contribution < 1.29 is 23.5 Å². The second-order valence-electron chi connectivity index (χ2n) is 9.06. The first-order valence-corrected chi connectivity index (χ1v) is 11.8. The molecule has 1 aliphatic rings. The summed E-state index contributed by atoms with van der Waals surface area (Å²) in [5, 5.41) is 3.22. The van der Waals surface area contributed by atoms with Crippen LogP contribution in [0, 0.1) is 13.8 Å². The van der Waals surface area contributed by atoms with Gasteiger partial charge in [0.05, 0.1) is 20.2 Å². The Labute approximate surface area is 197 Å². The predicted molar refractivity (Wildman–Crippen MR) is 130 cm³/mol. The Balaban J connectivity index is 1.80. The fourth-order valence-corrected chi connectivity index (χ4v) is 5.13. The molecule has 0 aromatic heterocycles. The Morgan fingerprint density at radius 3 is 2.12 bits per heavy atom. The van der Waals surface area contributed by atoms with Gasteiger partial charge in [0.15, 0.2) is 12.1 Å². The van der Waals surface area contributed by atoms with Gasteiger partial charge < -0.3 is 19.3 Å². The number of hydrogen-bond acceptors (Lipinski definition) is 4. The van der Waals surface area contributed by atoms with Crippen molar-refractivity contribution in [2.75, 3.05) is 32.1 Å². The number of anilines is 1. The lowest BCUT2D eigenvalue weighted by atomic mass is 9.72. The van der Waals surface area contributed by atoms with Crippen LogP contribution in [0.5, 0.6) is 5.75 Å². The number of quaternary nitrogens is 1. The number of hydrogen-bond donors (Lipinski definition) is 1. The van der Waals surface area contributed by atoms with E-state index in [0.717, 1.165) is 47.4 Å². The minimum absolute atomic E-state index is 0.00956. The number of nitrogens with one attached hydrogen (secondary N) is 1. The van der Waals surface area contributed by atoms with E-state index in [1.165, 1.54) is 0 Å². The lowest BCUT2D eigenvalue weighted by Crippen LogP contribution is -2.73. The smallest absolute Gasteiger partial charge is 0.362 e. The maximum absolute atomic E-state index is 13.8. The number of amides is 1. The van der Waals surface area contributed by atoms with Crippen LogP contribution in [-0.4, -0.2) is 48.6 Å². The van der Waals surface area contributed by atoms with Crippen LogP contribution >= 0.6 is 0 Å². The van der Waals surface area contributed by atoms with Gasteiger partial charge in [0.1, 0.15) is 12.4 Å². The van der Waals surface area contributed by atoms with Crippen molar-refractivity contribution in [1.29, 1.82) is 0 Å². The number of carbonyl (C=O) groups excluding carboxylic acids is 2. The second-order valence-corrected chi connectivity index (χ2v) is 9.06. The highest BCUT2D eigenvalue weighted by Crippen LogP contribution is 2.44. The molecule has 2 aromatic rings. The van der Waals surface area contributed by atoms with E-state index >= 15 is 0 Å². The van der Waals surface area contributed by atoms with Gasteiger partial charge in [0, 0.05) is 18.5 Å². The van der Waals surface area contributed by atoms with Crippen LogP contribution in [0.1, 0.15) is 49.8 Å². The largest absolute Gasteiger partial charge is 0.497 e. The Bertz CT molecular complexity index is 956. The number of benzene rings is 2. The molecule has 6 heteroatoms. The molecule has 6 nitrogen and oxygen atoms in total. The molecule has 0 atom stereocenters. The molecule has 33 heavy (non-hydrogen) atoms. The minimum Gasteiger partial charge on any atom is -0.497 e. The van der Waals surface area contributed by atoms with Gasteiger partial charge in [-0.15, -0.1) is 0 Å². The molecule has 1 aliphatic carbocycles. The summed E-state index contributed by atoms with van der Waals surface area (Å²) in [7, 11) is 1.64. The van der Waals surface area contributed by atoms with Crippen molar-refractivity contribution in [3.63, 3.8) is 0 Å². The van der Waals surface area contributed by atoms with E-state index in [4.69, 9.17) is 9.47 Å².